The molecule has 0 atom stereocenters. The summed E-state index contributed by atoms with van der Waals surface area (Å²) in [5.74, 6) is 0. The molecular weight excluding hydrogens is 1080 g/mol. The molecule has 3 nitrogen and oxygen atoms in total. The first-order chi connectivity index (χ1) is 47.8. The molecule has 0 radical (unpaired) electrons. The summed E-state index contributed by atoms with van der Waals surface area (Å²) in [6.45, 7) is 0. The lowest BCUT2D eigenvalue weighted by molar-refractivity contribution is 1.16. The van der Waals surface area contributed by atoms with Crippen molar-refractivity contribution < 1.29 is 13.7 Å². The van der Waals surface area contributed by atoms with Crippen molar-refractivity contribution in [2.24, 2.45) is 0 Å². The molecule has 0 saturated carbocycles. The lowest BCUT2D eigenvalue weighted by atomic mass is 9.92. The third-order valence-electron chi connectivity index (χ3n) is 18.3. The number of hydrogen-bond acceptors (Lipinski definition) is 0. The lowest BCUT2D eigenvalue weighted by Gasteiger charge is -2.35. The largest absolute Gasteiger partial charge is 0.309 e. The van der Waals surface area contributed by atoms with Crippen LogP contribution in [0.15, 0.2) is 333 Å². The molecule has 0 saturated heterocycles. The second-order valence-corrected chi connectivity index (χ2v) is 26.6. The Bertz CT molecular complexity index is 6170. The van der Waals surface area contributed by atoms with Crippen molar-refractivity contribution in [2.45, 2.75) is 0 Å². The SMILES string of the molecule is [2H]c1c([2H])c([2H])c(-c2cc(-c3c([2H])c([2H])c([2H])c([2H])c3[2H])cc([Si](c3ccccc3)(c3ccccc3)c3ccc(-n4c5ccc(-n6c7ccccc7c7cc(-n8c9ccccc9c9ccccc98)ccc76)cc5c5c6c7ccccc7c7ccccc7c6ccc54)cc3)c2)c([2H])c1[2H]. The van der Waals surface area contributed by atoms with Crippen molar-refractivity contribution >= 4 is 127 Å². The summed E-state index contributed by atoms with van der Waals surface area (Å²) in [5.41, 5.74) is 9.82. The molecule has 0 aliphatic heterocycles. The highest BCUT2D eigenvalue weighted by Crippen LogP contribution is 2.45. The van der Waals surface area contributed by atoms with Gasteiger partial charge < -0.3 is 13.7 Å². The minimum absolute atomic E-state index is 0.0727. The zero-order valence-corrected chi connectivity index (χ0v) is 48.3. The van der Waals surface area contributed by atoms with E-state index in [2.05, 4.69) is 232 Å². The van der Waals surface area contributed by atoms with E-state index < -0.39 is 68.5 Å². The van der Waals surface area contributed by atoms with Gasteiger partial charge in [0.2, 0.25) is 0 Å². The fraction of sp³-hybridized carbons (Fsp3) is 0. The second kappa shape index (κ2) is 19.9. The van der Waals surface area contributed by atoms with Gasteiger partial charge >= 0.3 is 0 Å². The van der Waals surface area contributed by atoms with Gasteiger partial charge in [0.15, 0.2) is 8.07 Å². The Labute approximate surface area is 524 Å². The van der Waals surface area contributed by atoms with E-state index in [0.29, 0.717) is 5.19 Å². The zero-order chi connectivity index (χ0) is 66.6. The maximum atomic E-state index is 9.33. The van der Waals surface area contributed by atoms with Crippen LogP contribution in [0.1, 0.15) is 13.7 Å². The average molecular weight is 1140 g/mol. The van der Waals surface area contributed by atoms with Crippen LogP contribution in [0.4, 0.5) is 0 Å². The van der Waals surface area contributed by atoms with Crippen molar-refractivity contribution in [3.8, 4) is 39.3 Å². The van der Waals surface area contributed by atoms with Crippen LogP contribution in [0.2, 0.25) is 0 Å². The van der Waals surface area contributed by atoms with Gasteiger partial charge in [-0.05, 0) is 149 Å². The van der Waals surface area contributed by atoms with Crippen LogP contribution in [0.25, 0.3) is 137 Å². The number of benzene rings is 15. The second-order valence-electron chi connectivity index (χ2n) is 22.8. The van der Waals surface area contributed by atoms with Crippen LogP contribution >= 0.6 is 0 Å². The Morgan fingerprint density at radius 3 is 1.10 bits per heavy atom. The molecular formula is C84H55N3Si. The first kappa shape index (κ1) is 40.9. The highest BCUT2D eigenvalue weighted by molar-refractivity contribution is 7.20. The van der Waals surface area contributed by atoms with Gasteiger partial charge in [0.25, 0.3) is 0 Å². The fourth-order valence-corrected chi connectivity index (χ4v) is 19.4. The molecule has 4 heteroatoms. The summed E-state index contributed by atoms with van der Waals surface area (Å²) in [5, 5.41) is 17.4. The maximum absolute atomic E-state index is 9.33. The number of nitrogens with zero attached hydrogens (tertiary/aromatic N) is 3. The van der Waals surface area contributed by atoms with Crippen LogP contribution in [0.5, 0.6) is 0 Å². The summed E-state index contributed by atoms with van der Waals surface area (Å²) < 4.78 is 97.1. The van der Waals surface area contributed by atoms with Crippen molar-refractivity contribution in [2.75, 3.05) is 0 Å². The van der Waals surface area contributed by atoms with Gasteiger partial charge in [0.05, 0.1) is 46.8 Å². The Morgan fingerprint density at radius 1 is 0.216 bits per heavy atom. The molecule has 0 N–H and O–H groups in total. The Morgan fingerprint density at radius 2 is 0.580 bits per heavy atom. The highest BCUT2D eigenvalue weighted by atomic mass is 28.3. The summed E-state index contributed by atoms with van der Waals surface area (Å²) in [4.78, 5) is 0. The Hall–Kier alpha value is -11.3. The molecule has 3 heterocycles. The van der Waals surface area contributed by atoms with E-state index in [0.717, 1.165) is 103 Å². The number of hydrogen-bond donors (Lipinski definition) is 0. The van der Waals surface area contributed by atoms with E-state index in [4.69, 9.17) is 8.22 Å². The molecule has 15 aromatic carbocycles. The van der Waals surface area contributed by atoms with Crippen LogP contribution in [-0.4, -0.2) is 21.8 Å². The summed E-state index contributed by atoms with van der Waals surface area (Å²) in [6.07, 6.45) is 0. The highest BCUT2D eigenvalue weighted by Gasteiger charge is 2.42. The summed E-state index contributed by atoms with van der Waals surface area (Å²) in [6, 6.07) is 91.2. The molecule has 0 fully saturated rings. The summed E-state index contributed by atoms with van der Waals surface area (Å²) >= 11 is 0. The van der Waals surface area contributed by atoms with Crippen molar-refractivity contribution in [3.05, 3.63) is 333 Å². The molecule has 0 spiro atoms. The predicted octanol–water partition coefficient (Wildman–Crippen LogP) is 19.1. The number of aromatic nitrogens is 3. The molecule has 0 aliphatic carbocycles. The molecule has 410 valence electrons. The quantitative estimate of drug-likeness (QED) is 0.0777. The maximum Gasteiger partial charge on any atom is 0.179 e. The van der Waals surface area contributed by atoms with Crippen molar-refractivity contribution in [1.82, 2.24) is 13.7 Å². The molecule has 18 rings (SSSR count). The molecule has 88 heavy (non-hydrogen) atoms. The molecule has 0 bridgehead atoms. The van der Waals surface area contributed by atoms with E-state index in [1.165, 1.54) is 26.9 Å². The van der Waals surface area contributed by atoms with Crippen molar-refractivity contribution in [1.29, 1.82) is 0 Å². The van der Waals surface area contributed by atoms with Gasteiger partial charge in [-0.3, -0.25) is 0 Å². The van der Waals surface area contributed by atoms with Gasteiger partial charge in [-0.25, -0.2) is 0 Å². The van der Waals surface area contributed by atoms with Gasteiger partial charge in [-0.1, -0.05) is 255 Å². The van der Waals surface area contributed by atoms with Crippen LogP contribution < -0.4 is 20.7 Å². The monoisotopic (exact) mass is 1140 g/mol. The minimum atomic E-state index is -3.73. The lowest BCUT2D eigenvalue weighted by Crippen LogP contribution is -2.74. The summed E-state index contributed by atoms with van der Waals surface area (Å²) in [7, 11) is -3.73. The van der Waals surface area contributed by atoms with E-state index in [1.54, 1.807) is 6.07 Å². The molecule has 18 aromatic rings. The third-order valence-corrected chi connectivity index (χ3v) is 23.0. The van der Waals surface area contributed by atoms with E-state index >= 15 is 0 Å². The van der Waals surface area contributed by atoms with Gasteiger partial charge in [-0.15, -0.1) is 0 Å². The van der Waals surface area contributed by atoms with E-state index in [9.17, 15) is 5.48 Å². The van der Waals surface area contributed by atoms with Gasteiger partial charge in [0.1, 0.15) is 0 Å². The first-order valence-corrected chi connectivity index (χ1v) is 31.7. The number of para-hydroxylation sites is 3. The van der Waals surface area contributed by atoms with Gasteiger partial charge in [-0.2, -0.15) is 0 Å². The Balaban J connectivity index is 0.896. The molecule has 0 amide bonds. The molecule has 0 unspecified atom stereocenters. The standard InChI is InChI=1S/C84H55N3Si/c1-5-23-56(24-6-1)58-51-59(57-25-7-2-8-26-57)53-66(52-58)88(63-27-9-3-10-28-63,64-29-11-4-12-30-64)65-45-41-60(42-46-65)85-81-49-44-62(55-76(81)84-82(85)50-47-74-69-33-14-13-31-67(69)68-32-15-16-37-73(68)83(74)84)87-79-40-22-19-36-72(79)75-54-61(43-48-80(75)87)86-77-38-20-17-34-70(77)71-35-18-21-39-78(71)86/h1-55H/i1D,2D,5D,6D,7D,8D,23D,24D,25D,26D. The van der Waals surface area contributed by atoms with Crippen molar-refractivity contribution in [3.63, 3.8) is 0 Å². The predicted molar refractivity (Wildman–Crippen MR) is 376 cm³/mol. The molecule has 0 aliphatic rings. The normalized spacial score (nSPS) is 13.7. The fourth-order valence-electron chi connectivity index (χ4n) is 14.6. The third kappa shape index (κ3) is 7.49. The first-order valence-electron chi connectivity index (χ1n) is 34.7. The van der Waals surface area contributed by atoms with Crippen LogP contribution in [0.3, 0.4) is 0 Å². The number of fused-ring (bicyclic) bond motifs is 16. The number of rotatable bonds is 9. The molecule has 3 aromatic heterocycles. The van der Waals surface area contributed by atoms with Crippen LogP contribution in [-0.2, 0) is 0 Å². The van der Waals surface area contributed by atoms with E-state index in [1.807, 2.05) is 48.5 Å². The Kier molecular flexibility index (Phi) is 9.24. The smallest absolute Gasteiger partial charge is 0.179 e. The van der Waals surface area contributed by atoms with Crippen LogP contribution in [0, 0.1) is 0 Å². The average Bonchev–Trinajstić information content (AvgIpc) is 1.31. The zero-order valence-electron chi connectivity index (χ0n) is 57.3. The van der Waals surface area contributed by atoms with Gasteiger partial charge in [0, 0.05) is 54.8 Å². The van der Waals surface area contributed by atoms with E-state index in [-0.39, 0.29) is 22.3 Å². The topological polar surface area (TPSA) is 14.8 Å². The minimum Gasteiger partial charge on any atom is -0.309 e.